The molecule has 60 valence electrons. The van der Waals surface area contributed by atoms with Crippen molar-refractivity contribution in [2.75, 3.05) is 0 Å². The molecule has 1 aliphatic carbocycles. The standard InChI is InChI=1S/C10H20/c1-4-5-6-8(2)10-7-9(10)3/h8-10H,4-7H2,1-3H3/t8?,9-,10+/m0/s1. The zero-order chi connectivity index (χ0) is 7.56. The summed E-state index contributed by atoms with van der Waals surface area (Å²) in [6, 6.07) is 0. The summed E-state index contributed by atoms with van der Waals surface area (Å²) >= 11 is 0. The molecule has 10 heavy (non-hydrogen) atoms. The molecule has 1 unspecified atom stereocenters. The van der Waals surface area contributed by atoms with Gasteiger partial charge in [0.05, 0.1) is 0 Å². The van der Waals surface area contributed by atoms with Gasteiger partial charge in [0.25, 0.3) is 0 Å². The van der Waals surface area contributed by atoms with E-state index in [9.17, 15) is 0 Å². The maximum Gasteiger partial charge on any atom is -0.0360 e. The molecule has 0 aromatic rings. The van der Waals surface area contributed by atoms with Crippen molar-refractivity contribution in [1.29, 1.82) is 0 Å². The van der Waals surface area contributed by atoms with Crippen LogP contribution in [0.2, 0.25) is 0 Å². The molecule has 0 radical (unpaired) electrons. The molecule has 0 aliphatic heterocycles. The lowest BCUT2D eigenvalue weighted by Crippen LogP contribution is -1.97. The maximum absolute atomic E-state index is 2.42. The second-order valence-corrected chi connectivity index (χ2v) is 4.00. The highest BCUT2D eigenvalue weighted by atomic mass is 14.4. The molecule has 0 nitrogen and oxygen atoms in total. The fourth-order valence-corrected chi connectivity index (χ4v) is 1.88. The molecule has 0 heterocycles. The van der Waals surface area contributed by atoms with Crippen molar-refractivity contribution in [3.8, 4) is 0 Å². The van der Waals surface area contributed by atoms with Gasteiger partial charge in [-0.3, -0.25) is 0 Å². The van der Waals surface area contributed by atoms with Gasteiger partial charge in [-0.1, -0.05) is 40.0 Å². The Labute approximate surface area is 65.0 Å². The molecule has 0 aromatic carbocycles. The Morgan fingerprint density at radius 3 is 2.50 bits per heavy atom. The SMILES string of the molecule is CCCCC(C)[C@H]1C[C@@H]1C. The minimum Gasteiger partial charge on any atom is -0.0654 e. The van der Waals surface area contributed by atoms with E-state index in [1.165, 1.54) is 25.7 Å². The predicted molar refractivity (Wildman–Crippen MR) is 46.0 cm³/mol. The molecule has 1 fully saturated rings. The van der Waals surface area contributed by atoms with Crippen LogP contribution in [0.4, 0.5) is 0 Å². The molecule has 0 spiro atoms. The minimum atomic E-state index is 1.01. The summed E-state index contributed by atoms with van der Waals surface area (Å²) in [5.74, 6) is 3.15. The van der Waals surface area contributed by atoms with Crippen molar-refractivity contribution in [1.82, 2.24) is 0 Å². The normalized spacial score (nSPS) is 33.9. The van der Waals surface area contributed by atoms with Crippen molar-refractivity contribution in [2.45, 2.75) is 46.5 Å². The van der Waals surface area contributed by atoms with Crippen LogP contribution in [-0.2, 0) is 0 Å². The Morgan fingerprint density at radius 2 is 2.10 bits per heavy atom. The predicted octanol–water partition coefficient (Wildman–Crippen LogP) is 3.47. The summed E-state index contributed by atoms with van der Waals surface area (Å²) in [6.45, 7) is 7.08. The fourth-order valence-electron chi connectivity index (χ4n) is 1.88. The van der Waals surface area contributed by atoms with Crippen LogP contribution in [0.5, 0.6) is 0 Å². The van der Waals surface area contributed by atoms with Gasteiger partial charge in [-0.2, -0.15) is 0 Å². The first-order valence-corrected chi connectivity index (χ1v) is 4.75. The van der Waals surface area contributed by atoms with Crippen LogP contribution >= 0.6 is 0 Å². The molecular formula is C10H20. The lowest BCUT2D eigenvalue weighted by Gasteiger charge is -2.08. The smallest absolute Gasteiger partial charge is 0.0360 e. The fraction of sp³-hybridized carbons (Fsp3) is 1.00. The molecule has 1 aliphatic rings. The minimum absolute atomic E-state index is 1.01. The number of hydrogen-bond donors (Lipinski definition) is 0. The average Bonchev–Trinajstić information content (AvgIpc) is 2.62. The van der Waals surface area contributed by atoms with E-state index in [-0.39, 0.29) is 0 Å². The Kier molecular flexibility index (Phi) is 2.76. The van der Waals surface area contributed by atoms with E-state index >= 15 is 0 Å². The number of unbranched alkanes of at least 4 members (excludes halogenated alkanes) is 1. The van der Waals surface area contributed by atoms with E-state index in [1.807, 2.05) is 0 Å². The van der Waals surface area contributed by atoms with Gasteiger partial charge in [0, 0.05) is 0 Å². The van der Waals surface area contributed by atoms with Crippen LogP contribution in [0.25, 0.3) is 0 Å². The van der Waals surface area contributed by atoms with E-state index in [2.05, 4.69) is 20.8 Å². The molecular weight excluding hydrogens is 120 g/mol. The number of rotatable bonds is 4. The largest absolute Gasteiger partial charge is 0.0654 e. The summed E-state index contributed by atoms with van der Waals surface area (Å²) in [5.41, 5.74) is 0. The van der Waals surface area contributed by atoms with E-state index in [0.29, 0.717) is 0 Å². The second kappa shape index (κ2) is 3.41. The monoisotopic (exact) mass is 140 g/mol. The van der Waals surface area contributed by atoms with E-state index in [4.69, 9.17) is 0 Å². The molecule has 0 N–H and O–H groups in total. The van der Waals surface area contributed by atoms with Gasteiger partial charge in [-0.05, 0) is 24.2 Å². The first kappa shape index (κ1) is 8.10. The van der Waals surface area contributed by atoms with Crippen LogP contribution in [0.1, 0.15) is 46.5 Å². The molecule has 0 heteroatoms. The maximum atomic E-state index is 2.42. The van der Waals surface area contributed by atoms with Crippen molar-refractivity contribution in [3.63, 3.8) is 0 Å². The third-order valence-electron chi connectivity index (χ3n) is 2.92. The molecule has 1 saturated carbocycles. The van der Waals surface area contributed by atoms with Crippen molar-refractivity contribution in [2.24, 2.45) is 17.8 Å². The number of hydrogen-bond acceptors (Lipinski definition) is 0. The summed E-state index contributed by atoms with van der Waals surface area (Å²) < 4.78 is 0. The second-order valence-electron chi connectivity index (χ2n) is 4.00. The average molecular weight is 140 g/mol. The molecule has 0 aromatic heterocycles. The Hall–Kier alpha value is 0. The Morgan fingerprint density at radius 1 is 1.50 bits per heavy atom. The topological polar surface area (TPSA) is 0 Å². The zero-order valence-corrected chi connectivity index (χ0v) is 7.56. The highest BCUT2D eigenvalue weighted by Crippen LogP contribution is 2.45. The third-order valence-corrected chi connectivity index (χ3v) is 2.92. The van der Waals surface area contributed by atoms with E-state index in [0.717, 1.165) is 17.8 Å². The van der Waals surface area contributed by atoms with Crippen LogP contribution in [0.15, 0.2) is 0 Å². The summed E-state index contributed by atoms with van der Waals surface area (Å²) in [6.07, 6.45) is 5.77. The van der Waals surface area contributed by atoms with Gasteiger partial charge in [0.2, 0.25) is 0 Å². The Balaban J connectivity index is 2.04. The van der Waals surface area contributed by atoms with E-state index in [1.54, 1.807) is 0 Å². The molecule has 0 amide bonds. The highest BCUT2D eigenvalue weighted by molar-refractivity contribution is 4.86. The van der Waals surface area contributed by atoms with Crippen molar-refractivity contribution < 1.29 is 0 Å². The summed E-state index contributed by atoms with van der Waals surface area (Å²) in [5, 5.41) is 0. The van der Waals surface area contributed by atoms with E-state index < -0.39 is 0 Å². The van der Waals surface area contributed by atoms with Crippen LogP contribution in [0, 0.1) is 17.8 Å². The lowest BCUT2D eigenvalue weighted by molar-refractivity contribution is 0.432. The van der Waals surface area contributed by atoms with Gasteiger partial charge >= 0.3 is 0 Å². The molecule has 0 bridgehead atoms. The zero-order valence-electron chi connectivity index (χ0n) is 7.56. The van der Waals surface area contributed by atoms with Gasteiger partial charge in [-0.15, -0.1) is 0 Å². The summed E-state index contributed by atoms with van der Waals surface area (Å²) in [7, 11) is 0. The van der Waals surface area contributed by atoms with Gasteiger partial charge in [0.1, 0.15) is 0 Å². The van der Waals surface area contributed by atoms with Gasteiger partial charge in [0.15, 0.2) is 0 Å². The molecule has 1 rings (SSSR count). The van der Waals surface area contributed by atoms with Gasteiger partial charge < -0.3 is 0 Å². The van der Waals surface area contributed by atoms with Gasteiger partial charge in [-0.25, -0.2) is 0 Å². The third kappa shape index (κ3) is 2.00. The van der Waals surface area contributed by atoms with Crippen molar-refractivity contribution in [3.05, 3.63) is 0 Å². The van der Waals surface area contributed by atoms with Crippen LogP contribution < -0.4 is 0 Å². The van der Waals surface area contributed by atoms with Crippen molar-refractivity contribution >= 4 is 0 Å². The Bertz CT molecular complexity index is 96.2. The van der Waals surface area contributed by atoms with Crippen LogP contribution in [-0.4, -0.2) is 0 Å². The lowest BCUT2D eigenvalue weighted by atomic mass is 9.98. The quantitative estimate of drug-likeness (QED) is 0.561. The molecule has 3 atom stereocenters. The molecule has 0 saturated heterocycles. The highest BCUT2D eigenvalue weighted by Gasteiger charge is 2.36. The summed E-state index contributed by atoms with van der Waals surface area (Å²) in [4.78, 5) is 0. The first-order chi connectivity index (χ1) is 4.75. The first-order valence-electron chi connectivity index (χ1n) is 4.75. The van der Waals surface area contributed by atoms with Crippen LogP contribution in [0.3, 0.4) is 0 Å².